The Balaban J connectivity index is 2.74. The molecule has 1 aromatic heterocycles. The zero-order valence-corrected chi connectivity index (χ0v) is 9.57. The molecule has 1 atom stereocenters. The molecule has 0 fully saturated rings. The van der Waals surface area contributed by atoms with Gasteiger partial charge in [0.25, 0.3) is 0 Å². The summed E-state index contributed by atoms with van der Waals surface area (Å²) in [5, 5.41) is 14.1. The lowest BCUT2D eigenvalue weighted by Gasteiger charge is -2.25. The summed E-state index contributed by atoms with van der Waals surface area (Å²) in [6, 6.07) is 0. The third-order valence-corrected chi connectivity index (χ3v) is 2.31. The van der Waals surface area contributed by atoms with E-state index in [-0.39, 0.29) is 5.41 Å². The van der Waals surface area contributed by atoms with Gasteiger partial charge in [0, 0.05) is 0 Å². The fourth-order valence-electron chi connectivity index (χ4n) is 1.17. The third kappa shape index (κ3) is 2.54. The predicted molar refractivity (Wildman–Crippen MR) is 55.0 cm³/mol. The topological polar surface area (TPSA) is 50.9 Å². The van der Waals surface area contributed by atoms with Gasteiger partial charge in [0.1, 0.15) is 11.6 Å². The molecule has 0 bridgehead atoms. The predicted octanol–water partition coefficient (Wildman–Crippen LogP) is 1.30. The highest BCUT2D eigenvalue weighted by atomic mass is 16.3. The number of aromatic nitrogens is 3. The minimum atomic E-state index is -0.401. The Bertz CT molecular complexity index is 312. The number of rotatable bonds is 2. The summed E-state index contributed by atoms with van der Waals surface area (Å²) in [5.41, 5.74) is -0.119. The number of aliphatic hydroxyl groups excluding tert-OH is 1. The van der Waals surface area contributed by atoms with Crippen LogP contribution in [0.15, 0.2) is 0 Å². The molecule has 80 valence electrons. The molecule has 0 aromatic carbocycles. The lowest BCUT2D eigenvalue weighted by atomic mass is 9.89. The molecule has 1 N–H and O–H groups in total. The maximum Gasteiger partial charge on any atom is 0.147 e. The van der Waals surface area contributed by atoms with Gasteiger partial charge in [0.15, 0.2) is 0 Å². The molecule has 1 rings (SSSR count). The van der Waals surface area contributed by atoms with E-state index in [9.17, 15) is 5.11 Å². The highest BCUT2D eigenvalue weighted by molar-refractivity contribution is 4.88. The van der Waals surface area contributed by atoms with Crippen LogP contribution < -0.4 is 0 Å². The van der Waals surface area contributed by atoms with E-state index in [4.69, 9.17) is 0 Å². The minimum absolute atomic E-state index is 0.119. The van der Waals surface area contributed by atoms with Crippen LogP contribution in [0.25, 0.3) is 0 Å². The number of nitrogens with zero attached hydrogens (tertiary/aromatic N) is 3. The molecule has 0 aliphatic rings. The van der Waals surface area contributed by atoms with E-state index in [0.29, 0.717) is 6.54 Å². The van der Waals surface area contributed by atoms with Crippen LogP contribution in [-0.2, 0) is 6.54 Å². The Morgan fingerprint density at radius 2 is 1.93 bits per heavy atom. The largest absolute Gasteiger partial charge is 0.391 e. The molecule has 1 aromatic rings. The summed E-state index contributed by atoms with van der Waals surface area (Å²) < 4.78 is 1.76. The Kier molecular flexibility index (Phi) is 2.95. The van der Waals surface area contributed by atoms with Crippen molar-refractivity contribution < 1.29 is 5.11 Å². The second kappa shape index (κ2) is 3.69. The Morgan fingerprint density at radius 3 is 2.29 bits per heavy atom. The number of hydrogen-bond donors (Lipinski definition) is 1. The van der Waals surface area contributed by atoms with Crippen LogP contribution in [0, 0.1) is 19.3 Å². The Labute approximate surface area is 85.0 Å². The van der Waals surface area contributed by atoms with Gasteiger partial charge in [-0.1, -0.05) is 20.8 Å². The monoisotopic (exact) mass is 197 g/mol. The molecule has 0 saturated carbocycles. The van der Waals surface area contributed by atoms with Crippen molar-refractivity contribution in [2.24, 2.45) is 5.41 Å². The molecule has 4 heteroatoms. The van der Waals surface area contributed by atoms with Crippen LogP contribution in [0.5, 0.6) is 0 Å². The van der Waals surface area contributed by atoms with Crippen molar-refractivity contribution in [3.63, 3.8) is 0 Å². The standard InChI is InChI=1S/C10H19N3O/c1-7-11-8(2)13(12-7)6-9(14)10(3,4)5/h9,14H,6H2,1-5H3. The molecule has 0 aliphatic carbocycles. The van der Waals surface area contributed by atoms with Gasteiger partial charge in [-0.25, -0.2) is 9.67 Å². The molecule has 0 amide bonds. The number of aryl methyl sites for hydroxylation is 2. The first-order chi connectivity index (χ1) is 6.30. The Hall–Kier alpha value is -0.900. The van der Waals surface area contributed by atoms with Crippen LogP contribution in [0.3, 0.4) is 0 Å². The second-order valence-electron chi connectivity index (χ2n) is 4.77. The van der Waals surface area contributed by atoms with Crippen LogP contribution in [-0.4, -0.2) is 26.0 Å². The van der Waals surface area contributed by atoms with E-state index < -0.39 is 6.10 Å². The van der Waals surface area contributed by atoms with Gasteiger partial charge in [-0.3, -0.25) is 0 Å². The second-order valence-corrected chi connectivity index (χ2v) is 4.77. The minimum Gasteiger partial charge on any atom is -0.391 e. The normalized spacial score (nSPS) is 14.4. The van der Waals surface area contributed by atoms with Crippen molar-refractivity contribution in [2.75, 3.05) is 0 Å². The average Bonchev–Trinajstić information content (AvgIpc) is 2.28. The first-order valence-electron chi connectivity index (χ1n) is 4.87. The average molecular weight is 197 g/mol. The molecular formula is C10H19N3O. The summed E-state index contributed by atoms with van der Waals surface area (Å²) in [7, 11) is 0. The van der Waals surface area contributed by atoms with Crippen LogP contribution >= 0.6 is 0 Å². The molecule has 1 unspecified atom stereocenters. The van der Waals surface area contributed by atoms with Crippen molar-refractivity contribution in [3.8, 4) is 0 Å². The molecule has 1 heterocycles. The van der Waals surface area contributed by atoms with E-state index in [1.165, 1.54) is 0 Å². The first-order valence-corrected chi connectivity index (χ1v) is 4.87. The zero-order chi connectivity index (χ0) is 10.9. The van der Waals surface area contributed by atoms with Gasteiger partial charge in [-0.05, 0) is 19.3 Å². The number of hydrogen-bond acceptors (Lipinski definition) is 3. The molecule has 4 nitrogen and oxygen atoms in total. The zero-order valence-electron chi connectivity index (χ0n) is 9.57. The SMILES string of the molecule is Cc1nc(C)n(CC(O)C(C)(C)C)n1. The van der Waals surface area contributed by atoms with Crippen molar-refractivity contribution in [3.05, 3.63) is 11.6 Å². The summed E-state index contributed by atoms with van der Waals surface area (Å²) in [6.07, 6.45) is -0.401. The van der Waals surface area contributed by atoms with E-state index in [1.54, 1.807) is 4.68 Å². The molecule has 0 saturated heterocycles. The first kappa shape index (κ1) is 11.2. The molecular weight excluding hydrogens is 178 g/mol. The lowest BCUT2D eigenvalue weighted by molar-refractivity contribution is 0.0444. The summed E-state index contributed by atoms with van der Waals surface area (Å²) in [4.78, 5) is 4.19. The number of aliphatic hydroxyl groups is 1. The van der Waals surface area contributed by atoms with Crippen LogP contribution in [0.1, 0.15) is 32.4 Å². The maximum absolute atomic E-state index is 9.88. The van der Waals surface area contributed by atoms with Crippen LogP contribution in [0.2, 0.25) is 0 Å². The van der Waals surface area contributed by atoms with Crippen LogP contribution in [0.4, 0.5) is 0 Å². The quantitative estimate of drug-likeness (QED) is 0.777. The van der Waals surface area contributed by atoms with Gasteiger partial charge in [-0.15, -0.1) is 0 Å². The van der Waals surface area contributed by atoms with E-state index >= 15 is 0 Å². The van der Waals surface area contributed by atoms with Gasteiger partial charge in [-0.2, -0.15) is 5.10 Å². The summed E-state index contributed by atoms with van der Waals surface area (Å²) in [6.45, 7) is 10.3. The molecule has 0 aliphatic heterocycles. The maximum atomic E-state index is 9.88. The van der Waals surface area contributed by atoms with E-state index in [0.717, 1.165) is 11.6 Å². The van der Waals surface area contributed by atoms with Crippen molar-refractivity contribution in [1.29, 1.82) is 0 Å². The lowest BCUT2D eigenvalue weighted by Crippen LogP contribution is -2.31. The van der Waals surface area contributed by atoms with Gasteiger partial charge in [0.05, 0.1) is 12.6 Å². The summed E-state index contributed by atoms with van der Waals surface area (Å²) >= 11 is 0. The van der Waals surface area contributed by atoms with Crippen molar-refractivity contribution in [1.82, 2.24) is 14.8 Å². The fourth-order valence-corrected chi connectivity index (χ4v) is 1.17. The smallest absolute Gasteiger partial charge is 0.147 e. The Morgan fingerprint density at radius 1 is 1.36 bits per heavy atom. The van der Waals surface area contributed by atoms with Gasteiger partial charge >= 0.3 is 0 Å². The molecule has 0 spiro atoms. The van der Waals surface area contributed by atoms with Gasteiger partial charge in [0.2, 0.25) is 0 Å². The third-order valence-electron chi connectivity index (χ3n) is 2.31. The van der Waals surface area contributed by atoms with Crippen molar-refractivity contribution in [2.45, 2.75) is 47.3 Å². The van der Waals surface area contributed by atoms with Crippen molar-refractivity contribution >= 4 is 0 Å². The van der Waals surface area contributed by atoms with E-state index in [1.807, 2.05) is 34.6 Å². The molecule has 0 radical (unpaired) electrons. The molecule has 14 heavy (non-hydrogen) atoms. The fraction of sp³-hybridized carbons (Fsp3) is 0.800. The highest BCUT2D eigenvalue weighted by Gasteiger charge is 2.23. The summed E-state index contributed by atoms with van der Waals surface area (Å²) in [5.74, 6) is 1.61. The highest BCUT2D eigenvalue weighted by Crippen LogP contribution is 2.20. The van der Waals surface area contributed by atoms with E-state index in [2.05, 4.69) is 10.1 Å². The van der Waals surface area contributed by atoms with Gasteiger partial charge < -0.3 is 5.11 Å².